The Morgan fingerprint density at radius 2 is 1.92 bits per heavy atom. The zero-order valence-corrected chi connectivity index (χ0v) is 7.33. The lowest BCUT2D eigenvalue weighted by molar-refractivity contribution is -0.132. The van der Waals surface area contributed by atoms with Gasteiger partial charge in [-0.15, -0.1) is 0 Å². The van der Waals surface area contributed by atoms with Gasteiger partial charge in [-0.05, 0) is 0 Å². The lowest BCUT2D eigenvalue weighted by Gasteiger charge is -2.24. The fraction of sp³-hybridized carbons (Fsp3) is 0.833. The molecule has 0 aromatic carbocycles. The fourth-order valence-electron chi connectivity index (χ4n) is 0.718. The SMILES string of the molecule is O=C[C@H](O)[C@@H](O)[C@@H](OCl)[C@H](O)CO. The summed E-state index contributed by atoms with van der Waals surface area (Å²) in [6, 6.07) is 0. The molecule has 0 aliphatic carbocycles. The van der Waals surface area contributed by atoms with E-state index in [2.05, 4.69) is 4.29 Å². The van der Waals surface area contributed by atoms with Gasteiger partial charge in [0.1, 0.15) is 24.4 Å². The summed E-state index contributed by atoms with van der Waals surface area (Å²) in [6.07, 6.45) is -6.23. The lowest BCUT2D eigenvalue weighted by atomic mass is 10.0. The van der Waals surface area contributed by atoms with Gasteiger partial charge in [-0.2, -0.15) is 0 Å². The highest BCUT2D eigenvalue weighted by molar-refractivity contribution is 6.07. The molecule has 7 heteroatoms. The van der Waals surface area contributed by atoms with E-state index < -0.39 is 31.0 Å². The number of halogens is 1. The van der Waals surface area contributed by atoms with Crippen molar-refractivity contribution in [2.75, 3.05) is 6.61 Å². The zero-order chi connectivity index (χ0) is 10.4. The molecule has 6 nitrogen and oxygen atoms in total. The molecule has 13 heavy (non-hydrogen) atoms. The highest BCUT2D eigenvalue weighted by Crippen LogP contribution is 2.10. The Morgan fingerprint density at radius 3 is 2.23 bits per heavy atom. The van der Waals surface area contributed by atoms with Crippen molar-refractivity contribution in [1.29, 1.82) is 0 Å². The van der Waals surface area contributed by atoms with Gasteiger partial charge in [-0.1, -0.05) is 0 Å². The van der Waals surface area contributed by atoms with E-state index in [-0.39, 0.29) is 6.29 Å². The molecule has 78 valence electrons. The predicted molar refractivity (Wildman–Crippen MR) is 41.9 cm³/mol. The molecule has 0 saturated carbocycles. The van der Waals surface area contributed by atoms with Gasteiger partial charge < -0.3 is 25.2 Å². The van der Waals surface area contributed by atoms with Crippen LogP contribution in [0.2, 0.25) is 0 Å². The molecule has 0 amide bonds. The minimum absolute atomic E-state index is 0.0671. The van der Waals surface area contributed by atoms with Crippen molar-refractivity contribution in [2.24, 2.45) is 0 Å². The van der Waals surface area contributed by atoms with Crippen LogP contribution in [0.3, 0.4) is 0 Å². The summed E-state index contributed by atoms with van der Waals surface area (Å²) in [5.41, 5.74) is 0. The summed E-state index contributed by atoms with van der Waals surface area (Å²) >= 11 is 4.88. The third-order valence-corrected chi connectivity index (χ3v) is 1.70. The van der Waals surface area contributed by atoms with E-state index >= 15 is 0 Å². The molecule has 0 bridgehead atoms. The largest absolute Gasteiger partial charge is 0.394 e. The molecule has 4 atom stereocenters. The van der Waals surface area contributed by atoms with Gasteiger partial charge in [-0.3, -0.25) is 4.29 Å². The van der Waals surface area contributed by atoms with E-state index in [0.717, 1.165) is 0 Å². The molecule has 0 heterocycles. The maximum atomic E-state index is 10.0. The van der Waals surface area contributed by atoms with E-state index in [9.17, 15) is 4.79 Å². The van der Waals surface area contributed by atoms with Crippen LogP contribution < -0.4 is 0 Å². The number of aldehydes is 1. The van der Waals surface area contributed by atoms with Crippen LogP contribution in [0, 0.1) is 0 Å². The second-order valence-electron chi connectivity index (χ2n) is 2.42. The van der Waals surface area contributed by atoms with Crippen molar-refractivity contribution >= 4 is 18.2 Å². The molecular weight excluding hydrogens is 204 g/mol. The van der Waals surface area contributed by atoms with E-state index in [0.29, 0.717) is 0 Å². The third kappa shape index (κ3) is 3.55. The quantitative estimate of drug-likeness (QED) is 0.374. The predicted octanol–water partition coefficient (Wildman–Crippen LogP) is -2.20. The summed E-state index contributed by atoms with van der Waals surface area (Å²) in [4.78, 5) is 10.0. The monoisotopic (exact) mass is 214 g/mol. The number of hydrogen-bond donors (Lipinski definition) is 4. The van der Waals surface area contributed by atoms with Gasteiger partial charge in [0.25, 0.3) is 0 Å². The molecule has 0 spiro atoms. The Bertz CT molecular complexity index is 154. The van der Waals surface area contributed by atoms with Crippen molar-refractivity contribution in [1.82, 2.24) is 0 Å². The van der Waals surface area contributed by atoms with Gasteiger partial charge in [0.15, 0.2) is 6.29 Å². The van der Waals surface area contributed by atoms with Crippen LogP contribution in [0.15, 0.2) is 0 Å². The standard InChI is InChI=1S/C6H11ClO6/c7-13-6(4(11)2-9)5(12)3(10)1-8/h1,3-6,9-12H,2H2/t3-,4+,5+,6-/m0/s1. The van der Waals surface area contributed by atoms with Gasteiger partial charge >= 0.3 is 0 Å². The Morgan fingerprint density at radius 1 is 1.38 bits per heavy atom. The highest BCUT2D eigenvalue weighted by atomic mass is 35.5. The molecule has 4 N–H and O–H groups in total. The highest BCUT2D eigenvalue weighted by Gasteiger charge is 2.32. The minimum Gasteiger partial charge on any atom is -0.394 e. The summed E-state index contributed by atoms with van der Waals surface area (Å²) < 4.78 is 4.08. The Hall–Kier alpha value is -0.240. The van der Waals surface area contributed by atoms with E-state index in [4.69, 9.17) is 32.3 Å². The molecule has 0 saturated heterocycles. The molecule has 0 aromatic rings. The van der Waals surface area contributed by atoms with Crippen LogP contribution in [0.1, 0.15) is 0 Å². The van der Waals surface area contributed by atoms with Gasteiger partial charge in [0.2, 0.25) is 0 Å². The molecule has 0 radical (unpaired) electrons. The van der Waals surface area contributed by atoms with Crippen LogP contribution in [-0.2, 0) is 9.08 Å². The Kier molecular flexibility index (Phi) is 6.13. The average molecular weight is 215 g/mol. The van der Waals surface area contributed by atoms with Gasteiger partial charge in [-0.25, -0.2) is 0 Å². The fourth-order valence-corrected chi connectivity index (χ4v) is 0.943. The number of aliphatic hydroxyl groups is 4. The van der Waals surface area contributed by atoms with Crippen molar-refractivity contribution in [3.8, 4) is 0 Å². The zero-order valence-electron chi connectivity index (χ0n) is 6.58. The lowest BCUT2D eigenvalue weighted by Crippen LogP contribution is -2.46. The van der Waals surface area contributed by atoms with E-state index in [1.807, 2.05) is 0 Å². The van der Waals surface area contributed by atoms with Crippen molar-refractivity contribution in [2.45, 2.75) is 24.4 Å². The number of carbonyl (C=O) groups is 1. The van der Waals surface area contributed by atoms with Crippen molar-refractivity contribution < 1.29 is 29.5 Å². The smallest absolute Gasteiger partial charge is 0.151 e. The average Bonchev–Trinajstić information content (AvgIpc) is 2.17. The number of hydrogen-bond acceptors (Lipinski definition) is 6. The summed E-state index contributed by atoms with van der Waals surface area (Å²) in [7, 11) is 0. The first kappa shape index (κ1) is 12.8. The number of carbonyl (C=O) groups excluding carboxylic acids is 1. The first-order valence-electron chi connectivity index (χ1n) is 3.46. The molecular formula is C6H11ClO6. The first-order chi connectivity index (χ1) is 6.08. The van der Waals surface area contributed by atoms with E-state index in [1.165, 1.54) is 0 Å². The number of aliphatic hydroxyl groups excluding tert-OH is 4. The summed E-state index contributed by atoms with van der Waals surface area (Å²) in [6.45, 7) is -0.708. The molecule has 0 aliphatic rings. The van der Waals surface area contributed by atoms with Crippen molar-refractivity contribution in [3.63, 3.8) is 0 Å². The Balaban J connectivity index is 4.29. The maximum absolute atomic E-state index is 10.0. The first-order valence-corrected chi connectivity index (χ1v) is 3.77. The molecule has 0 fully saturated rings. The summed E-state index contributed by atoms with van der Waals surface area (Å²) in [5.74, 6) is 0. The topological polar surface area (TPSA) is 107 Å². The van der Waals surface area contributed by atoms with Crippen LogP contribution in [0.4, 0.5) is 0 Å². The van der Waals surface area contributed by atoms with Gasteiger partial charge in [0.05, 0.1) is 18.5 Å². The van der Waals surface area contributed by atoms with Crippen molar-refractivity contribution in [3.05, 3.63) is 0 Å². The van der Waals surface area contributed by atoms with Crippen LogP contribution >= 0.6 is 11.9 Å². The minimum atomic E-state index is -1.72. The molecule has 0 aromatic heterocycles. The van der Waals surface area contributed by atoms with Crippen LogP contribution in [0.25, 0.3) is 0 Å². The van der Waals surface area contributed by atoms with Gasteiger partial charge in [0, 0.05) is 0 Å². The van der Waals surface area contributed by atoms with E-state index in [1.54, 1.807) is 0 Å². The normalized spacial score (nSPS) is 20.4. The third-order valence-electron chi connectivity index (χ3n) is 1.50. The maximum Gasteiger partial charge on any atom is 0.151 e. The second-order valence-corrected chi connectivity index (χ2v) is 2.60. The molecule has 0 aliphatic heterocycles. The molecule has 0 unspecified atom stereocenters. The molecule has 0 rings (SSSR count). The summed E-state index contributed by atoms with van der Waals surface area (Å²) in [5, 5.41) is 35.4. The van der Waals surface area contributed by atoms with Crippen LogP contribution in [0.5, 0.6) is 0 Å². The van der Waals surface area contributed by atoms with Crippen LogP contribution in [-0.4, -0.2) is 57.7 Å². The number of rotatable bonds is 6. The Labute approximate surface area is 79.5 Å². The second kappa shape index (κ2) is 6.25.